The summed E-state index contributed by atoms with van der Waals surface area (Å²) in [6.07, 6.45) is 1.78. The van der Waals surface area contributed by atoms with E-state index >= 15 is 0 Å². The Hall–Kier alpha value is -0.180. The maximum Gasteiger partial charge on any atom is 0.215 e. The Morgan fingerprint density at radius 3 is 2.24 bits per heavy atom. The predicted octanol–water partition coefficient (Wildman–Crippen LogP) is -0.970. The average molecular weight is 284 g/mol. The van der Waals surface area contributed by atoms with E-state index in [2.05, 4.69) is 0 Å². The third-order valence-corrected chi connectivity index (χ3v) is 6.15. The fourth-order valence-corrected chi connectivity index (χ4v) is 5.40. The molecular formula is C9H20N2O4S2. The Morgan fingerprint density at radius 2 is 1.82 bits per heavy atom. The largest absolute Gasteiger partial charge is 0.330 e. The maximum absolute atomic E-state index is 12.0. The molecule has 8 heteroatoms. The van der Waals surface area contributed by atoms with Crippen molar-refractivity contribution in [3.05, 3.63) is 0 Å². The summed E-state index contributed by atoms with van der Waals surface area (Å²) in [6, 6.07) is -0.0897. The second-order valence-electron chi connectivity index (χ2n) is 4.70. The van der Waals surface area contributed by atoms with Crippen molar-refractivity contribution in [3.8, 4) is 0 Å². The fourth-order valence-electron chi connectivity index (χ4n) is 2.04. The molecule has 17 heavy (non-hydrogen) atoms. The van der Waals surface area contributed by atoms with Gasteiger partial charge < -0.3 is 5.73 Å². The molecule has 0 radical (unpaired) electrons. The van der Waals surface area contributed by atoms with Crippen LogP contribution in [0.5, 0.6) is 0 Å². The van der Waals surface area contributed by atoms with Crippen LogP contribution in [0.3, 0.4) is 0 Å². The summed E-state index contributed by atoms with van der Waals surface area (Å²) in [5, 5.41) is 0. The molecule has 6 nitrogen and oxygen atoms in total. The van der Waals surface area contributed by atoms with Crippen LogP contribution in [0.4, 0.5) is 0 Å². The fraction of sp³-hybridized carbons (Fsp3) is 1.00. The first-order valence-corrected chi connectivity index (χ1v) is 9.20. The van der Waals surface area contributed by atoms with Gasteiger partial charge in [0.05, 0.1) is 11.5 Å². The molecule has 0 aromatic carbocycles. The molecule has 0 spiro atoms. The van der Waals surface area contributed by atoms with Gasteiger partial charge in [0.2, 0.25) is 10.0 Å². The Morgan fingerprint density at radius 1 is 1.24 bits per heavy atom. The van der Waals surface area contributed by atoms with Gasteiger partial charge in [-0.25, -0.2) is 16.8 Å². The molecule has 0 aromatic heterocycles. The highest BCUT2D eigenvalue weighted by atomic mass is 32.2. The van der Waals surface area contributed by atoms with Gasteiger partial charge in [0.25, 0.3) is 0 Å². The quantitative estimate of drug-likeness (QED) is 0.700. The van der Waals surface area contributed by atoms with Crippen molar-refractivity contribution in [3.63, 3.8) is 0 Å². The topological polar surface area (TPSA) is 97.5 Å². The zero-order valence-corrected chi connectivity index (χ0v) is 11.8. The first-order chi connectivity index (χ1) is 7.65. The SMILES string of the molecule is CC1CC(CN)CN1S(=O)(=O)CCS(C)(=O)=O. The van der Waals surface area contributed by atoms with Gasteiger partial charge >= 0.3 is 0 Å². The van der Waals surface area contributed by atoms with Crippen LogP contribution in [0.2, 0.25) is 0 Å². The van der Waals surface area contributed by atoms with Crippen molar-refractivity contribution in [1.29, 1.82) is 0 Å². The second-order valence-corrected chi connectivity index (χ2v) is 9.00. The molecule has 0 aliphatic carbocycles. The zero-order chi connectivity index (χ0) is 13.3. The number of nitrogens with zero attached hydrogens (tertiary/aromatic N) is 1. The molecule has 102 valence electrons. The Balaban J connectivity index is 2.71. The summed E-state index contributed by atoms with van der Waals surface area (Å²) in [7, 11) is -6.74. The van der Waals surface area contributed by atoms with Crippen LogP contribution in [0.1, 0.15) is 13.3 Å². The van der Waals surface area contributed by atoms with Crippen molar-refractivity contribution in [2.75, 3.05) is 30.9 Å². The van der Waals surface area contributed by atoms with E-state index in [1.165, 1.54) is 4.31 Å². The van der Waals surface area contributed by atoms with Gasteiger partial charge in [0.15, 0.2) is 0 Å². The number of sulfonamides is 1. The van der Waals surface area contributed by atoms with Crippen molar-refractivity contribution in [2.24, 2.45) is 11.7 Å². The van der Waals surface area contributed by atoms with Gasteiger partial charge in [-0.15, -0.1) is 0 Å². The zero-order valence-electron chi connectivity index (χ0n) is 10.2. The van der Waals surface area contributed by atoms with Crippen LogP contribution in [-0.2, 0) is 19.9 Å². The summed E-state index contributed by atoms with van der Waals surface area (Å²) >= 11 is 0. The van der Waals surface area contributed by atoms with Gasteiger partial charge in [0, 0.05) is 18.8 Å². The van der Waals surface area contributed by atoms with Crippen LogP contribution < -0.4 is 5.73 Å². The molecule has 1 heterocycles. The third-order valence-electron chi connectivity index (χ3n) is 3.01. The summed E-state index contributed by atoms with van der Waals surface area (Å²) in [6.45, 7) is 2.69. The molecule has 2 unspecified atom stereocenters. The normalized spacial score (nSPS) is 27.5. The molecule has 2 N–H and O–H groups in total. The highest BCUT2D eigenvalue weighted by Gasteiger charge is 2.36. The minimum absolute atomic E-state index is 0.0897. The monoisotopic (exact) mass is 284 g/mol. The molecule has 2 atom stereocenters. The van der Waals surface area contributed by atoms with Crippen LogP contribution in [0, 0.1) is 5.92 Å². The van der Waals surface area contributed by atoms with Crippen LogP contribution in [-0.4, -0.2) is 58.0 Å². The highest BCUT2D eigenvalue weighted by molar-refractivity contribution is 7.93. The predicted molar refractivity (Wildman–Crippen MR) is 66.8 cm³/mol. The molecule has 0 aromatic rings. The van der Waals surface area contributed by atoms with Crippen LogP contribution in [0.25, 0.3) is 0 Å². The maximum atomic E-state index is 12.0. The average Bonchev–Trinajstić information content (AvgIpc) is 2.57. The van der Waals surface area contributed by atoms with Crippen molar-refractivity contribution in [2.45, 2.75) is 19.4 Å². The molecular weight excluding hydrogens is 264 g/mol. The number of sulfone groups is 1. The molecule has 1 saturated heterocycles. The van der Waals surface area contributed by atoms with E-state index in [1.807, 2.05) is 6.92 Å². The molecule has 1 rings (SSSR count). The number of hydrogen-bond donors (Lipinski definition) is 1. The van der Waals surface area contributed by atoms with E-state index in [4.69, 9.17) is 5.73 Å². The van der Waals surface area contributed by atoms with Gasteiger partial charge in [0.1, 0.15) is 9.84 Å². The van der Waals surface area contributed by atoms with Crippen molar-refractivity contribution >= 4 is 19.9 Å². The Labute approximate surface area is 103 Å². The van der Waals surface area contributed by atoms with Crippen LogP contribution in [0.15, 0.2) is 0 Å². The van der Waals surface area contributed by atoms with E-state index in [1.54, 1.807) is 0 Å². The Kier molecular flexibility index (Phi) is 4.56. The number of hydrogen-bond acceptors (Lipinski definition) is 5. The minimum atomic E-state index is -3.49. The molecule has 0 bridgehead atoms. The van der Waals surface area contributed by atoms with E-state index in [9.17, 15) is 16.8 Å². The smallest absolute Gasteiger partial charge is 0.215 e. The summed E-state index contributed by atoms with van der Waals surface area (Å²) in [4.78, 5) is 0. The lowest BCUT2D eigenvalue weighted by Gasteiger charge is -2.20. The summed E-state index contributed by atoms with van der Waals surface area (Å²) in [5.41, 5.74) is 5.53. The number of nitrogens with two attached hydrogens (primary N) is 1. The van der Waals surface area contributed by atoms with E-state index < -0.39 is 19.9 Å². The molecule has 1 aliphatic rings. The molecule has 1 fully saturated rings. The Bertz CT molecular complexity index is 457. The van der Waals surface area contributed by atoms with Gasteiger partial charge in [-0.3, -0.25) is 0 Å². The lowest BCUT2D eigenvalue weighted by Crippen LogP contribution is -2.37. The minimum Gasteiger partial charge on any atom is -0.330 e. The molecule has 0 saturated carbocycles. The summed E-state index contributed by atoms with van der Waals surface area (Å²) in [5.74, 6) is -0.489. The highest BCUT2D eigenvalue weighted by Crippen LogP contribution is 2.25. The molecule has 0 amide bonds. The van der Waals surface area contributed by atoms with E-state index in [-0.39, 0.29) is 23.5 Å². The van der Waals surface area contributed by atoms with Gasteiger partial charge in [-0.05, 0) is 25.8 Å². The second kappa shape index (κ2) is 5.21. The summed E-state index contributed by atoms with van der Waals surface area (Å²) < 4.78 is 47.3. The lowest BCUT2D eigenvalue weighted by molar-refractivity contribution is 0.405. The third kappa shape index (κ3) is 4.20. The van der Waals surface area contributed by atoms with E-state index in [0.717, 1.165) is 12.7 Å². The lowest BCUT2D eigenvalue weighted by atomic mass is 10.1. The van der Waals surface area contributed by atoms with Crippen molar-refractivity contribution in [1.82, 2.24) is 4.31 Å². The van der Waals surface area contributed by atoms with E-state index in [0.29, 0.717) is 13.1 Å². The van der Waals surface area contributed by atoms with Crippen molar-refractivity contribution < 1.29 is 16.8 Å². The number of rotatable bonds is 5. The molecule has 1 aliphatic heterocycles. The standard InChI is InChI=1S/C9H20N2O4S2/c1-8-5-9(6-10)7-11(8)17(14,15)4-3-16(2,12)13/h8-9H,3-7,10H2,1-2H3. The van der Waals surface area contributed by atoms with Gasteiger partial charge in [-0.2, -0.15) is 4.31 Å². The van der Waals surface area contributed by atoms with Crippen LogP contribution >= 0.6 is 0 Å². The van der Waals surface area contributed by atoms with Gasteiger partial charge in [-0.1, -0.05) is 0 Å². The first kappa shape index (κ1) is 14.9. The first-order valence-electron chi connectivity index (χ1n) is 5.53.